The predicted octanol–water partition coefficient (Wildman–Crippen LogP) is 22.4. The molecule has 0 fully saturated rings. The third-order valence-corrected chi connectivity index (χ3v) is 18.3. The molecule has 0 N–H and O–H groups in total. The maximum atomic E-state index is 10.0. The Hall–Kier alpha value is -8.33. The van der Waals surface area contributed by atoms with Crippen LogP contribution in [0.5, 0.6) is 0 Å². The van der Waals surface area contributed by atoms with Crippen molar-refractivity contribution >= 4 is 92.9 Å². The maximum Gasteiger partial charge on any atom is 0.236 e. The van der Waals surface area contributed by atoms with Gasteiger partial charge in [-0.05, 0) is 157 Å². The normalized spacial score (nSPS) is 13.3. The molecule has 0 amide bonds. The summed E-state index contributed by atoms with van der Waals surface area (Å²) in [5.74, 6) is 0. The van der Waals surface area contributed by atoms with Crippen molar-refractivity contribution in [3.05, 3.63) is 209 Å². The molecular weight excluding hydrogens is 1020 g/mol. The van der Waals surface area contributed by atoms with E-state index in [0.29, 0.717) is 5.69 Å². The second-order valence-electron chi connectivity index (χ2n) is 30.3. The molecule has 84 heavy (non-hydrogen) atoms. The number of hydrogen-bond donors (Lipinski definition) is 0. The van der Waals surface area contributed by atoms with Crippen molar-refractivity contribution in [1.82, 2.24) is 18.3 Å². The van der Waals surface area contributed by atoms with Crippen LogP contribution in [0, 0.1) is 6.57 Å². The SMILES string of the molecule is [C-]#[N+]c1c(-n2c3ccc(C(C)(C)C)cc3c3cc(C(C)(C)C)ccc32)c(-n2c3ccc(C(C)(C)C)cc3c3cc(C(C)(C)C)ccc32)c(-n2c3ccc(C(C)(C)C)cc3c3cc(C(C)(C)C)ccc32)c2c3ccccc3n(-c3ccccc3)c12. The van der Waals surface area contributed by atoms with Gasteiger partial charge in [0.1, 0.15) is 0 Å². The highest BCUT2D eigenvalue weighted by Crippen LogP contribution is 2.54. The molecule has 0 saturated carbocycles. The van der Waals surface area contributed by atoms with E-state index in [4.69, 9.17) is 4.85 Å². The highest BCUT2D eigenvalue weighted by Gasteiger charge is 2.35. The summed E-state index contributed by atoms with van der Waals surface area (Å²) in [6.07, 6.45) is 0. The minimum Gasteiger partial charge on any atom is -0.319 e. The molecule has 0 atom stereocenters. The number of nitrogens with zero attached hydrogens (tertiary/aromatic N) is 5. The minimum atomic E-state index is -0.114. The molecule has 0 unspecified atom stereocenters. The molecule has 0 saturated heterocycles. The van der Waals surface area contributed by atoms with Crippen molar-refractivity contribution < 1.29 is 0 Å². The zero-order valence-electron chi connectivity index (χ0n) is 52.8. The van der Waals surface area contributed by atoms with Gasteiger partial charge >= 0.3 is 0 Å². The van der Waals surface area contributed by atoms with Gasteiger partial charge in [0.15, 0.2) is 0 Å². The standard InChI is InChI=1S/C79H81N5/c1-74(2,3)47-29-35-62-55(41-47)56-42-48(75(4,5)6)30-36-63(56)82(62)71-68-54-27-23-24-28-61(54)81(53-25-21-20-22-26-53)70(68)69(80-19)72(83-64-37-31-49(76(7,8)9)43-57(64)58-44-50(77(10,11)12)32-38-65(58)83)73(71)84-66-39-33-51(78(13,14)15)45-59(66)60-46-52(79(16,17)18)34-40-67(60)84/h20-46H,1-18H3. The Bertz CT molecular complexity index is 4720. The first-order chi connectivity index (χ1) is 39.4. The van der Waals surface area contributed by atoms with Gasteiger partial charge in [-0.2, -0.15) is 0 Å². The van der Waals surface area contributed by atoms with Crippen molar-refractivity contribution in [3.8, 4) is 22.7 Å². The van der Waals surface area contributed by atoms with Gasteiger partial charge in [-0.1, -0.05) is 197 Å². The average molecular weight is 1100 g/mol. The lowest BCUT2D eigenvalue weighted by atomic mass is 9.85. The van der Waals surface area contributed by atoms with Gasteiger partial charge in [0.25, 0.3) is 0 Å². The fourth-order valence-electron chi connectivity index (χ4n) is 13.3. The molecule has 422 valence electrons. The average Bonchev–Trinajstić information content (AvgIpc) is 1.54. The molecule has 0 radical (unpaired) electrons. The summed E-state index contributed by atoms with van der Waals surface area (Å²) in [6.45, 7) is 51.8. The fourth-order valence-corrected chi connectivity index (χ4v) is 13.3. The number of benzene rings is 9. The first kappa shape index (κ1) is 54.9. The van der Waals surface area contributed by atoms with Crippen LogP contribution in [0.4, 0.5) is 5.69 Å². The summed E-state index contributed by atoms with van der Waals surface area (Å²) in [6, 6.07) is 62.6. The van der Waals surface area contributed by atoms with Crippen LogP contribution in [-0.4, -0.2) is 18.3 Å². The number of aromatic nitrogens is 4. The van der Waals surface area contributed by atoms with Crippen LogP contribution in [0.2, 0.25) is 0 Å². The van der Waals surface area contributed by atoms with E-state index in [-0.39, 0.29) is 32.5 Å². The van der Waals surface area contributed by atoms with Crippen LogP contribution in [0.25, 0.3) is 115 Å². The zero-order valence-corrected chi connectivity index (χ0v) is 52.8. The van der Waals surface area contributed by atoms with E-state index < -0.39 is 0 Å². The van der Waals surface area contributed by atoms with Crippen LogP contribution in [0.3, 0.4) is 0 Å². The van der Waals surface area contributed by atoms with Crippen molar-refractivity contribution in [2.24, 2.45) is 0 Å². The van der Waals surface area contributed by atoms with Crippen LogP contribution in [0.15, 0.2) is 164 Å². The smallest absolute Gasteiger partial charge is 0.236 e. The molecule has 0 aliphatic carbocycles. The molecule has 4 heterocycles. The van der Waals surface area contributed by atoms with Gasteiger partial charge in [-0.3, -0.25) is 0 Å². The molecule has 4 aromatic heterocycles. The lowest BCUT2D eigenvalue weighted by Gasteiger charge is -2.26. The summed E-state index contributed by atoms with van der Waals surface area (Å²) in [5.41, 5.74) is 19.8. The first-order valence-electron chi connectivity index (χ1n) is 30.3. The summed E-state index contributed by atoms with van der Waals surface area (Å²) in [4.78, 5) is 5.00. The number of rotatable bonds is 4. The fraction of sp³-hybridized carbons (Fsp3) is 0.304. The molecule has 13 rings (SSSR count). The van der Waals surface area contributed by atoms with Crippen molar-refractivity contribution in [2.75, 3.05) is 0 Å². The van der Waals surface area contributed by atoms with Crippen LogP contribution in [0.1, 0.15) is 158 Å². The monoisotopic (exact) mass is 1100 g/mol. The second kappa shape index (κ2) is 18.3. The van der Waals surface area contributed by atoms with Gasteiger partial charge in [0.05, 0.1) is 67.8 Å². The number of para-hydroxylation sites is 2. The van der Waals surface area contributed by atoms with E-state index >= 15 is 0 Å². The third kappa shape index (κ3) is 8.44. The lowest BCUT2D eigenvalue weighted by molar-refractivity contribution is 0.590. The second-order valence-corrected chi connectivity index (χ2v) is 30.3. The quantitative estimate of drug-likeness (QED) is 0.157. The van der Waals surface area contributed by atoms with Crippen molar-refractivity contribution in [2.45, 2.75) is 157 Å². The van der Waals surface area contributed by atoms with E-state index in [1.807, 2.05) is 0 Å². The molecule has 5 heteroatoms. The van der Waals surface area contributed by atoms with Gasteiger partial charge in [-0.15, -0.1) is 0 Å². The Morgan fingerprint density at radius 3 is 0.857 bits per heavy atom. The topological polar surface area (TPSA) is 24.1 Å². The van der Waals surface area contributed by atoms with Crippen LogP contribution in [-0.2, 0) is 32.5 Å². The summed E-state index contributed by atoms with van der Waals surface area (Å²) >= 11 is 0. The Morgan fingerprint density at radius 2 is 0.548 bits per heavy atom. The first-order valence-corrected chi connectivity index (χ1v) is 30.3. The van der Waals surface area contributed by atoms with Gasteiger partial charge in [0, 0.05) is 48.8 Å². The predicted molar refractivity (Wildman–Crippen MR) is 362 cm³/mol. The van der Waals surface area contributed by atoms with Crippen molar-refractivity contribution in [3.63, 3.8) is 0 Å². The summed E-state index contributed by atoms with van der Waals surface area (Å²) in [7, 11) is 0. The Balaban J connectivity index is 1.40. The van der Waals surface area contributed by atoms with Crippen molar-refractivity contribution in [1.29, 1.82) is 0 Å². The molecule has 0 aliphatic rings. The minimum absolute atomic E-state index is 0.104. The molecule has 5 nitrogen and oxygen atoms in total. The van der Waals surface area contributed by atoms with Crippen LogP contribution < -0.4 is 0 Å². The highest BCUT2D eigenvalue weighted by atomic mass is 15.1. The Morgan fingerprint density at radius 1 is 0.274 bits per heavy atom. The Kier molecular flexibility index (Phi) is 12.0. The van der Waals surface area contributed by atoms with Gasteiger partial charge in [0.2, 0.25) is 5.69 Å². The zero-order chi connectivity index (χ0) is 59.7. The molecule has 0 aliphatic heterocycles. The molecule has 0 spiro atoms. The van der Waals surface area contributed by atoms with E-state index in [0.717, 1.165) is 77.7 Å². The lowest BCUT2D eigenvalue weighted by Crippen LogP contribution is -2.13. The van der Waals surface area contributed by atoms with E-state index in [9.17, 15) is 6.57 Å². The van der Waals surface area contributed by atoms with E-state index in [2.05, 4.69) is 307 Å². The van der Waals surface area contributed by atoms with E-state index in [1.165, 1.54) is 65.7 Å². The molecule has 13 aromatic rings. The molecule has 0 bridgehead atoms. The summed E-state index contributed by atoms with van der Waals surface area (Å²) in [5, 5.41) is 9.24. The molecule has 9 aromatic carbocycles. The number of hydrogen-bond acceptors (Lipinski definition) is 0. The Labute approximate surface area is 497 Å². The largest absolute Gasteiger partial charge is 0.319 e. The molecular formula is C79H81N5. The third-order valence-electron chi connectivity index (χ3n) is 18.3. The number of fused-ring (bicyclic) bond motifs is 12. The highest BCUT2D eigenvalue weighted by molar-refractivity contribution is 6.25. The maximum absolute atomic E-state index is 10.0. The van der Waals surface area contributed by atoms with Gasteiger partial charge < -0.3 is 18.3 Å². The van der Waals surface area contributed by atoms with E-state index in [1.54, 1.807) is 0 Å². The van der Waals surface area contributed by atoms with Crippen LogP contribution >= 0.6 is 0 Å². The van der Waals surface area contributed by atoms with Gasteiger partial charge in [-0.25, -0.2) is 4.85 Å². The summed E-state index contributed by atoms with van der Waals surface area (Å²) < 4.78 is 10.1.